The minimum atomic E-state index is -0.470. The largest absolute Gasteiger partial charge is 0.342 e. The average Bonchev–Trinajstić information content (AvgIpc) is 1.54. The van der Waals surface area contributed by atoms with E-state index in [1.807, 2.05) is 55.1 Å². The smallest absolute Gasteiger partial charge is 0.169 e. The average molecular weight is 1690 g/mol. The topological polar surface area (TPSA) is 295 Å². The molecule has 5 aromatic carbocycles. The van der Waals surface area contributed by atoms with Crippen molar-refractivity contribution in [2.75, 3.05) is 59.7 Å². The van der Waals surface area contributed by atoms with Crippen LogP contribution in [0.5, 0.6) is 0 Å². The number of benzene rings is 5. The van der Waals surface area contributed by atoms with Crippen molar-refractivity contribution in [2.24, 2.45) is 0 Å². The molecule has 0 spiro atoms. The molecule has 0 aliphatic heterocycles. The van der Waals surface area contributed by atoms with Crippen molar-refractivity contribution in [3.05, 3.63) is 350 Å². The molecule has 10 aromatic heterocycles. The summed E-state index contributed by atoms with van der Waals surface area (Å²) in [4.78, 5) is 131. The zero-order valence-corrected chi connectivity index (χ0v) is 68.6. The number of carbonyl (C=O) groups excluding carboxylic acids is 5. The first-order valence-electron chi connectivity index (χ1n) is 36.6. The number of Topliss-reactive ketones (excluding diaryl/α,β-unsaturated/α-hetero) is 5. The van der Waals surface area contributed by atoms with Gasteiger partial charge < -0.3 is 24.5 Å². The Balaban J connectivity index is 0.000000148. The molecule has 612 valence electrons. The van der Waals surface area contributed by atoms with Gasteiger partial charge in [0.2, 0.25) is 0 Å². The molecular weight excluding hydrogens is 1620 g/mol. The van der Waals surface area contributed by atoms with Gasteiger partial charge in [-0.15, -0.1) is 34.0 Å². The lowest BCUT2D eigenvalue weighted by Gasteiger charge is -2.19. The molecule has 0 fully saturated rings. The number of rotatable bonds is 25. The number of hydrogen-bond donors (Lipinski definition) is 0. The number of aromatic nitrogens is 15. The number of hydrogen-bond acceptors (Lipinski definition) is 28. The Morgan fingerprint density at radius 2 is 0.661 bits per heavy atom. The molecule has 25 nitrogen and oxygen atoms in total. The summed E-state index contributed by atoms with van der Waals surface area (Å²) in [5, 5.41) is 7.81. The number of pyridine rings is 2. The van der Waals surface area contributed by atoms with Crippen LogP contribution in [0.25, 0.3) is 0 Å². The molecule has 121 heavy (non-hydrogen) atoms. The first-order chi connectivity index (χ1) is 58.3. The minimum Gasteiger partial charge on any atom is -0.342 e. The van der Waals surface area contributed by atoms with Crippen LogP contribution in [0.3, 0.4) is 0 Å². The van der Waals surface area contributed by atoms with Gasteiger partial charge >= 0.3 is 0 Å². The van der Waals surface area contributed by atoms with Gasteiger partial charge in [-0.1, -0.05) is 6.07 Å². The predicted octanol–water partition coefficient (Wildman–Crippen LogP) is 17.3. The number of anilines is 10. The third-order valence-electron chi connectivity index (χ3n) is 17.9. The van der Waals surface area contributed by atoms with Gasteiger partial charge in [0.1, 0.15) is 81.6 Å². The number of nitrogens with zero attached hydrogens (tertiary/aromatic N) is 20. The van der Waals surface area contributed by atoms with Crippen LogP contribution in [0.15, 0.2) is 243 Å². The lowest BCUT2D eigenvalue weighted by Crippen LogP contribution is -2.13. The van der Waals surface area contributed by atoms with Crippen LogP contribution in [0.1, 0.15) is 95.3 Å². The molecule has 0 radical (unpaired) electrons. The highest BCUT2D eigenvalue weighted by molar-refractivity contribution is 7.10. The van der Waals surface area contributed by atoms with Gasteiger partial charge in [0.05, 0.1) is 146 Å². The minimum absolute atomic E-state index is 0.00349. The zero-order chi connectivity index (χ0) is 86.1. The predicted molar refractivity (Wildman–Crippen MR) is 452 cm³/mol. The first kappa shape index (κ1) is 87.5. The van der Waals surface area contributed by atoms with Crippen molar-refractivity contribution in [3.63, 3.8) is 0 Å². The number of ketones is 5. The molecule has 0 saturated heterocycles. The van der Waals surface area contributed by atoms with Crippen LogP contribution >= 0.6 is 34.0 Å². The van der Waals surface area contributed by atoms with Crippen molar-refractivity contribution in [1.29, 1.82) is 0 Å². The fourth-order valence-electron chi connectivity index (χ4n) is 11.5. The fourth-order valence-corrected chi connectivity index (χ4v) is 13.6. The molecule has 0 saturated carbocycles. The van der Waals surface area contributed by atoms with Gasteiger partial charge in [0.25, 0.3) is 0 Å². The van der Waals surface area contributed by atoms with Crippen molar-refractivity contribution in [3.8, 4) is 0 Å². The lowest BCUT2D eigenvalue weighted by atomic mass is 10.0. The monoisotopic (exact) mass is 1690 g/mol. The Hall–Kier alpha value is -14.4. The van der Waals surface area contributed by atoms with Crippen LogP contribution in [0, 0.1) is 55.7 Å². The van der Waals surface area contributed by atoms with Crippen LogP contribution in [-0.2, 0) is 32.1 Å². The van der Waals surface area contributed by atoms with Gasteiger partial charge in [-0.05, 0) is 136 Å². The van der Waals surface area contributed by atoms with E-state index in [9.17, 15) is 50.3 Å². The number of aryl methyl sites for hydroxylation is 3. The maximum atomic E-state index is 14.2. The van der Waals surface area contributed by atoms with Crippen molar-refractivity contribution in [2.45, 2.75) is 52.9 Å². The third-order valence-corrected chi connectivity index (χ3v) is 20.6. The quantitative estimate of drug-likeness (QED) is 0.0379. The Morgan fingerprint density at radius 3 is 1.00 bits per heavy atom. The number of thiazole rings is 3. The fraction of sp³-hybridized carbons (Fsp3) is 0.149. The molecular formula is C87H74F6N20O5S3. The van der Waals surface area contributed by atoms with E-state index in [2.05, 4.69) is 74.8 Å². The summed E-state index contributed by atoms with van der Waals surface area (Å²) in [6.45, 7) is 5.64. The van der Waals surface area contributed by atoms with Gasteiger partial charge in [0, 0.05) is 125 Å². The SMILES string of the molecule is CN(c1cncnc1)c1cc(C(=O)Cc2ccc(F)cn2)ccc1F.CN(c1cncnc1)c1cc(F)cc(C(=O)Cc2nccs2)c1.Cc1cccc(CC(=O)c2ccc(F)c(N(C)c3cncnc3)c2)n1.Cc1csc(CC(=O)c2cc(F)cc(N(C)c3cncnc3)c2)n1.Cc1csc(CC(=O)c2ccc(F)c(N(C)c3cncnc3)c2)n1. The van der Waals surface area contributed by atoms with E-state index in [4.69, 9.17) is 0 Å². The molecule has 0 bridgehead atoms. The summed E-state index contributed by atoms with van der Waals surface area (Å²) >= 11 is 4.29. The molecule has 15 rings (SSSR count). The van der Waals surface area contributed by atoms with E-state index in [0.29, 0.717) is 89.7 Å². The van der Waals surface area contributed by atoms with E-state index in [1.54, 1.807) is 152 Å². The van der Waals surface area contributed by atoms with Crippen LogP contribution in [0.4, 0.5) is 83.2 Å². The second-order valence-electron chi connectivity index (χ2n) is 26.6. The highest BCUT2D eigenvalue weighted by Crippen LogP contribution is 2.33. The van der Waals surface area contributed by atoms with Crippen LogP contribution in [0.2, 0.25) is 0 Å². The molecule has 15 aromatic rings. The summed E-state index contributed by atoms with van der Waals surface area (Å²) in [6.07, 6.45) is 26.4. The van der Waals surface area contributed by atoms with Gasteiger partial charge in [-0.2, -0.15) is 0 Å². The summed E-state index contributed by atoms with van der Waals surface area (Å²) in [5.74, 6) is -3.47. The Bertz CT molecular complexity index is 6020. The summed E-state index contributed by atoms with van der Waals surface area (Å²) < 4.78 is 83.4. The Labute approximate surface area is 703 Å². The zero-order valence-electron chi connectivity index (χ0n) is 66.1. The maximum Gasteiger partial charge on any atom is 0.169 e. The van der Waals surface area contributed by atoms with Gasteiger partial charge in [-0.3, -0.25) is 33.9 Å². The molecule has 10 heterocycles. The molecule has 34 heteroatoms. The van der Waals surface area contributed by atoms with Crippen molar-refractivity contribution < 1.29 is 50.3 Å². The van der Waals surface area contributed by atoms with E-state index in [1.165, 1.54) is 145 Å². The van der Waals surface area contributed by atoms with Gasteiger partial charge in [0.15, 0.2) is 28.9 Å². The standard InChI is InChI=1S/C19H17FN4O.C18H14F2N4O.2C17H15FN4OS.C16H13FN4OS/c1-13-4-3-5-15(23-13)9-19(25)14-6-7-17(20)18(8-14)24(2)16-10-21-12-22-11-16;1-24(15-9-21-11-22-10-15)17-6-12(2-5-16(17)20)18(25)7-14-4-3-13(19)8-23-14;1-11-9-24-17(21-11)6-16(23)12-3-13(18)5-14(4-12)22(2)15-7-19-10-20-8-15;1-11-9-24-17(21-11)6-16(23)12-3-4-14(18)15(5-12)22(2)13-7-19-10-20-8-13;1-21(14-8-18-10-19-9-14)13-5-11(4-12(17)6-13)15(22)7-16-20-2-3-23-16/h3-8,10-12H,9H2,1-2H3;2-6,8-11H,7H2,1H3;2*3-5,7-10H,6H2,1-2H3;2-6,8-10H,7H2,1H3. The van der Waals surface area contributed by atoms with E-state index < -0.39 is 34.9 Å². The third kappa shape index (κ3) is 24.9. The maximum absolute atomic E-state index is 14.2. The highest BCUT2D eigenvalue weighted by Gasteiger charge is 2.22. The van der Waals surface area contributed by atoms with Crippen molar-refractivity contribution in [1.82, 2.24) is 74.8 Å². The number of carbonyl (C=O) groups is 5. The van der Waals surface area contributed by atoms with E-state index in [0.717, 1.165) is 33.3 Å². The lowest BCUT2D eigenvalue weighted by molar-refractivity contribution is 0.0983. The molecule has 0 aliphatic rings. The van der Waals surface area contributed by atoms with Gasteiger partial charge in [-0.25, -0.2) is 91.1 Å². The first-order valence-corrected chi connectivity index (χ1v) is 39.3. The Kier molecular flexibility index (Phi) is 30.5. The van der Waals surface area contributed by atoms with E-state index in [-0.39, 0.29) is 72.4 Å². The number of halogens is 6. The van der Waals surface area contributed by atoms with Crippen LogP contribution in [-0.4, -0.2) is 139 Å². The second-order valence-corrected chi connectivity index (χ2v) is 29.5. The van der Waals surface area contributed by atoms with Crippen molar-refractivity contribution >= 4 is 120 Å². The van der Waals surface area contributed by atoms with E-state index >= 15 is 0 Å². The summed E-state index contributed by atoms with van der Waals surface area (Å²) in [6, 6.07) is 29.6. The molecule has 0 amide bonds. The highest BCUT2D eigenvalue weighted by atomic mass is 32.1. The molecule has 0 N–H and O–H groups in total. The molecule has 0 aliphatic carbocycles. The molecule has 0 unspecified atom stereocenters. The van der Waals surface area contributed by atoms with Crippen LogP contribution < -0.4 is 24.5 Å². The second kappa shape index (κ2) is 42.1. The summed E-state index contributed by atoms with van der Waals surface area (Å²) in [7, 11) is 8.60. The summed E-state index contributed by atoms with van der Waals surface area (Å²) in [5.41, 5.74) is 10.8. The normalized spacial score (nSPS) is 10.6. The Morgan fingerprint density at radius 1 is 0.306 bits per heavy atom. The molecule has 0 atom stereocenters.